The highest BCUT2D eigenvalue weighted by molar-refractivity contribution is 6.03. The number of hydrogen-bond donors (Lipinski definition) is 2. The van der Waals surface area contributed by atoms with Crippen LogP contribution in [0.3, 0.4) is 0 Å². The van der Waals surface area contributed by atoms with Crippen LogP contribution in [0.15, 0.2) is 54.4 Å². The Morgan fingerprint density at radius 2 is 1.10 bits per heavy atom. The molecular formula is C40H48N6O4. The number of fused-ring (bicyclic) bond motifs is 3. The number of carbonyl (C=O) groups excluding carboxylic acids is 2. The zero-order valence-corrected chi connectivity index (χ0v) is 30.4. The number of imidazole rings is 2. The lowest BCUT2D eigenvalue weighted by Gasteiger charge is -2.27. The summed E-state index contributed by atoms with van der Waals surface area (Å²) in [5.41, 5.74) is 10.0. The van der Waals surface area contributed by atoms with Gasteiger partial charge < -0.3 is 19.4 Å². The van der Waals surface area contributed by atoms with E-state index in [1.54, 1.807) is 9.80 Å². The predicted octanol–water partition coefficient (Wildman–Crippen LogP) is 9.43. The zero-order chi connectivity index (χ0) is 35.5. The smallest absolute Gasteiger partial charge is 0.410 e. The average molecular weight is 677 g/mol. The fourth-order valence-electron chi connectivity index (χ4n) is 7.48. The third-order valence-electron chi connectivity index (χ3n) is 9.57. The van der Waals surface area contributed by atoms with Crippen molar-refractivity contribution in [3.63, 3.8) is 0 Å². The van der Waals surface area contributed by atoms with Gasteiger partial charge in [-0.1, -0.05) is 29.8 Å². The van der Waals surface area contributed by atoms with Crippen LogP contribution in [-0.2, 0) is 9.47 Å². The van der Waals surface area contributed by atoms with Gasteiger partial charge in [-0.15, -0.1) is 0 Å². The van der Waals surface area contributed by atoms with Crippen LogP contribution in [0.5, 0.6) is 0 Å². The van der Waals surface area contributed by atoms with Gasteiger partial charge >= 0.3 is 12.2 Å². The number of amides is 2. The Morgan fingerprint density at radius 3 is 1.48 bits per heavy atom. The molecule has 50 heavy (non-hydrogen) atoms. The van der Waals surface area contributed by atoms with Crippen molar-refractivity contribution >= 4 is 17.8 Å². The van der Waals surface area contributed by atoms with Crippen molar-refractivity contribution in [1.29, 1.82) is 0 Å². The van der Waals surface area contributed by atoms with E-state index in [1.165, 1.54) is 33.4 Å². The number of nitrogens with one attached hydrogen (secondary N) is 2. The summed E-state index contributed by atoms with van der Waals surface area (Å²) in [6, 6.07) is 12.9. The molecule has 2 unspecified atom stereocenters. The van der Waals surface area contributed by atoms with Crippen molar-refractivity contribution in [3.8, 4) is 33.6 Å². The lowest BCUT2D eigenvalue weighted by atomic mass is 9.96. The standard InChI is InChI=1S/C40H48N6O4/c1-23(2)34-28-19-24(30-21-41-35(43-30)32-11-9-17-45(32)37(47)49-39(3,4)5)13-15-26(28)27-16-14-25(20-29(27)34)31-22-42-36(44-31)33-12-10-18-46(33)38(48)50-40(6,7)8/h13-16,19-22,32-33H,9-12,17-18H2,1-8H3,(H,41,43)(H,42,44). The van der Waals surface area contributed by atoms with Crippen molar-refractivity contribution in [2.24, 2.45) is 0 Å². The van der Waals surface area contributed by atoms with Crippen molar-refractivity contribution in [3.05, 3.63) is 77.1 Å². The maximum atomic E-state index is 12.9. The first-order valence-electron chi connectivity index (χ1n) is 17.7. The highest BCUT2D eigenvalue weighted by atomic mass is 16.6. The van der Waals surface area contributed by atoms with Crippen LogP contribution in [0.1, 0.15) is 116 Å². The number of H-pyrrole nitrogens is 2. The van der Waals surface area contributed by atoms with Gasteiger partial charge in [0.1, 0.15) is 22.9 Å². The van der Waals surface area contributed by atoms with Crippen LogP contribution in [-0.4, -0.2) is 66.2 Å². The predicted molar refractivity (Wildman–Crippen MR) is 194 cm³/mol. The van der Waals surface area contributed by atoms with E-state index in [4.69, 9.17) is 19.4 Å². The molecule has 0 saturated carbocycles. The van der Waals surface area contributed by atoms with E-state index in [1.807, 2.05) is 53.9 Å². The fourth-order valence-corrected chi connectivity index (χ4v) is 7.48. The summed E-state index contributed by atoms with van der Waals surface area (Å²) >= 11 is 0. The van der Waals surface area contributed by atoms with E-state index < -0.39 is 11.2 Å². The molecule has 10 heteroatoms. The molecular weight excluding hydrogens is 628 g/mol. The van der Waals surface area contributed by atoms with Gasteiger partial charge in [-0.2, -0.15) is 0 Å². The molecule has 2 N–H and O–H groups in total. The third kappa shape index (κ3) is 6.43. The number of nitrogens with zero attached hydrogens (tertiary/aromatic N) is 4. The summed E-state index contributed by atoms with van der Waals surface area (Å²) in [7, 11) is 0. The van der Waals surface area contributed by atoms with Gasteiger partial charge in [0.05, 0.1) is 35.9 Å². The van der Waals surface area contributed by atoms with Crippen LogP contribution >= 0.6 is 0 Å². The topological polar surface area (TPSA) is 116 Å². The molecule has 0 radical (unpaired) electrons. The van der Waals surface area contributed by atoms with Gasteiger partial charge in [-0.25, -0.2) is 19.6 Å². The average Bonchev–Trinajstić information content (AvgIpc) is 3.86. The maximum absolute atomic E-state index is 12.9. The summed E-state index contributed by atoms with van der Waals surface area (Å²) in [4.78, 5) is 46.0. The van der Waals surface area contributed by atoms with Gasteiger partial charge in [0.2, 0.25) is 0 Å². The van der Waals surface area contributed by atoms with Crippen LogP contribution in [0.25, 0.3) is 39.2 Å². The SMILES string of the molecule is CC(C)=C1c2cc(-c3cnc(C4CCCN4C(=O)OC(C)(C)C)[nH]3)ccc2-c2ccc(-c3cnc(C4CCCN4C(=O)OC(C)(C)C)[nH]3)cc21. The van der Waals surface area contributed by atoms with Gasteiger partial charge in [0.25, 0.3) is 0 Å². The molecule has 3 aliphatic rings. The number of hydrogen-bond acceptors (Lipinski definition) is 6. The van der Waals surface area contributed by atoms with E-state index in [9.17, 15) is 9.59 Å². The molecule has 0 bridgehead atoms. The number of carbonyl (C=O) groups is 2. The maximum Gasteiger partial charge on any atom is 0.410 e. The highest BCUT2D eigenvalue weighted by Gasteiger charge is 2.36. The second-order valence-electron chi connectivity index (χ2n) is 15.9. The molecule has 2 aromatic heterocycles. The largest absolute Gasteiger partial charge is 0.444 e. The van der Waals surface area contributed by atoms with Crippen molar-refractivity contribution in [2.75, 3.05) is 13.1 Å². The highest BCUT2D eigenvalue weighted by Crippen LogP contribution is 2.48. The summed E-state index contributed by atoms with van der Waals surface area (Å²) < 4.78 is 11.4. The minimum atomic E-state index is -0.550. The monoisotopic (exact) mass is 676 g/mol. The molecule has 2 saturated heterocycles. The van der Waals surface area contributed by atoms with E-state index >= 15 is 0 Å². The summed E-state index contributed by atoms with van der Waals surface area (Å²) in [5.74, 6) is 1.56. The van der Waals surface area contributed by atoms with Crippen LogP contribution in [0.2, 0.25) is 0 Å². The van der Waals surface area contributed by atoms with Crippen LogP contribution < -0.4 is 0 Å². The van der Waals surface area contributed by atoms with E-state index in [-0.39, 0.29) is 24.3 Å². The van der Waals surface area contributed by atoms with E-state index in [0.717, 1.165) is 59.8 Å². The first kappa shape index (κ1) is 33.6. The second-order valence-corrected chi connectivity index (χ2v) is 15.9. The Hall–Kier alpha value is -4.86. The van der Waals surface area contributed by atoms with Crippen LogP contribution in [0, 0.1) is 0 Å². The van der Waals surface area contributed by atoms with Crippen LogP contribution in [0.4, 0.5) is 9.59 Å². The molecule has 1 aliphatic carbocycles. The van der Waals surface area contributed by atoms with Crippen molar-refractivity contribution in [1.82, 2.24) is 29.7 Å². The second kappa shape index (κ2) is 12.5. The number of benzene rings is 2. The molecule has 2 atom stereocenters. The molecule has 10 nitrogen and oxygen atoms in total. The Balaban J connectivity index is 1.14. The number of likely N-dealkylation sites (tertiary alicyclic amines) is 2. The molecule has 0 spiro atoms. The van der Waals surface area contributed by atoms with Crippen molar-refractivity contribution < 1.29 is 19.1 Å². The van der Waals surface area contributed by atoms with Crippen molar-refractivity contribution in [2.45, 2.75) is 104 Å². The lowest BCUT2D eigenvalue weighted by Crippen LogP contribution is -2.36. The molecule has 2 fully saturated rings. The van der Waals surface area contributed by atoms with E-state index in [0.29, 0.717) is 13.1 Å². The van der Waals surface area contributed by atoms with Gasteiger partial charge in [-0.05, 0) is 121 Å². The first-order valence-corrected chi connectivity index (χ1v) is 17.7. The summed E-state index contributed by atoms with van der Waals surface area (Å²) in [6.45, 7) is 17.0. The molecule has 4 heterocycles. The number of ether oxygens (including phenoxy) is 2. The Bertz CT molecular complexity index is 1850. The quantitative estimate of drug-likeness (QED) is 0.196. The molecule has 7 rings (SSSR count). The lowest BCUT2D eigenvalue weighted by molar-refractivity contribution is 0.0208. The van der Waals surface area contributed by atoms with E-state index in [2.05, 4.69) is 60.2 Å². The Morgan fingerprint density at radius 1 is 0.680 bits per heavy atom. The molecule has 2 aliphatic heterocycles. The minimum absolute atomic E-state index is 0.138. The Labute approximate surface area is 294 Å². The molecule has 2 aromatic carbocycles. The Kier molecular flexibility index (Phi) is 8.39. The first-order chi connectivity index (χ1) is 23.7. The van der Waals surface area contributed by atoms with Gasteiger partial charge in [-0.3, -0.25) is 9.80 Å². The number of rotatable bonds is 4. The fraction of sp³-hybridized carbons (Fsp3) is 0.450. The minimum Gasteiger partial charge on any atom is -0.444 e. The summed E-state index contributed by atoms with van der Waals surface area (Å²) in [5, 5.41) is 0. The molecule has 262 valence electrons. The molecule has 2 amide bonds. The summed E-state index contributed by atoms with van der Waals surface area (Å²) in [6.07, 6.45) is 6.65. The number of aromatic amines is 2. The normalized spacial score (nSPS) is 18.8. The molecule has 4 aromatic rings. The number of allylic oxidation sites excluding steroid dienone is 1. The van der Waals surface area contributed by atoms with Gasteiger partial charge in [0.15, 0.2) is 0 Å². The van der Waals surface area contributed by atoms with Gasteiger partial charge in [0, 0.05) is 24.2 Å². The number of aromatic nitrogens is 4. The zero-order valence-electron chi connectivity index (χ0n) is 30.4. The third-order valence-corrected chi connectivity index (χ3v) is 9.57.